The minimum absolute atomic E-state index is 0.0866. The molecule has 0 aliphatic carbocycles. The minimum atomic E-state index is -0.190. The van der Waals surface area contributed by atoms with Crippen LogP contribution in [0.1, 0.15) is 51.6 Å². The van der Waals surface area contributed by atoms with Crippen LogP contribution in [0.3, 0.4) is 0 Å². The molecule has 1 aromatic rings. The smallest absolute Gasteiger partial charge is 0.123 e. The Labute approximate surface area is 116 Å². The van der Waals surface area contributed by atoms with Crippen molar-refractivity contribution in [1.82, 2.24) is 4.90 Å². The molecule has 0 aliphatic heterocycles. The van der Waals surface area contributed by atoms with Crippen LogP contribution in [0.2, 0.25) is 0 Å². The molecule has 108 valence electrons. The Bertz CT molecular complexity index is 344. The summed E-state index contributed by atoms with van der Waals surface area (Å²) in [7, 11) is 0. The molecule has 0 bridgehead atoms. The first-order valence-electron chi connectivity index (χ1n) is 7.39. The molecule has 0 aromatic heterocycles. The summed E-state index contributed by atoms with van der Waals surface area (Å²) in [6.45, 7) is 8.54. The molecule has 0 spiro atoms. The average Bonchev–Trinajstić information content (AvgIpc) is 2.41. The normalized spacial score (nSPS) is 14.6. The molecule has 19 heavy (non-hydrogen) atoms. The van der Waals surface area contributed by atoms with Crippen LogP contribution in [0.5, 0.6) is 0 Å². The first kappa shape index (κ1) is 16.1. The monoisotopic (exact) mass is 266 g/mol. The lowest BCUT2D eigenvalue weighted by Gasteiger charge is -2.35. The molecule has 2 atom stereocenters. The van der Waals surface area contributed by atoms with E-state index in [1.54, 1.807) is 0 Å². The maximum atomic E-state index is 13.1. The first-order valence-corrected chi connectivity index (χ1v) is 7.39. The van der Waals surface area contributed by atoms with E-state index in [1.807, 2.05) is 12.1 Å². The molecular weight excluding hydrogens is 239 g/mol. The van der Waals surface area contributed by atoms with Crippen molar-refractivity contribution in [3.63, 3.8) is 0 Å². The topological polar surface area (TPSA) is 29.3 Å². The van der Waals surface area contributed by atoms with E-state index in [-0.39, 0.29) is 17.9 Å². The van der Waals surface area contributed by atoms with Gasteiger partial charge in [-0.2, -0.15) is 0 Å². The maximum Gasteiger partial charge on any atom is 0.123 e. The standard InChI is InChI=1S/C16H27FN2/c1-4-11-19(12-5-2)16(15(18)6-3)13-7-9-14(17)10-8-13/h7-10,15-16H,4-6,11-12,18H2,1-3H3. The Balaban J connectivity index is 3.00. The van der Waals surface area contributed by atoms with Crippen LogP contribution in [-0.2, 0) is 0 Å². The lowest BCUT2D eigenvalue weighted by Crippen LogP contribution is -2.41. The van der Waals surface area contributed by atoms with E-state index < -0.39 is 0 Å². The molecule has 0 saturated carbocycles. The van der Waals surface area contributed by atoms with E-state index in [4.69, 9.17) is 5.73 Å². The molecule has 0 heterocycles. The lowest BCUT2D eigenvalue weighted by molar-refractivity contribution is 0.169. The summed E-state index contributed by atoms with van der Waals surface area (Å²) in [6.07, 6.45) is 3.13. The van der Waals surface area contributed by atoms with Crippen molar-refractivity contribution in [2.45, 2.75) is 52.1 Å². The van der Waals surface area contributed by atoms with Gasteiger partial charge >= 0.3 is 0 Å². The molecule has 0 saturated heterocycles. The van der Waals surface area contributed by atoms with Gasteiger partial charge in [0.05, 0.1) is 0 Å². The number of nitrogens with zero attached hydrogens (tertiary/aromatic N) is 1. The molecule has 2 nitrogen and oxygen atoms in total. The van der Waals surface area contributed by atoms with Crippen LogP contribution < -0.4 is 5.73 Å². The van der Waals surface area contributed by atoms with Gasteiger partial charge in [-0.15, -0.1) is 0 Å². The van der Waals surface area contributed by atoms with Crippen molar-refractivity contribution in [2.75, 3.05) is 13.1 Å². The van der Waals surface area contributed by atoms with Gasteiger partial charge in [-0.05, 0) is 50.0 Å². The van der Waals surface area contributed by atoms with Gasteiger partial charge in [-0.25, -0.2) is 4.39 Å². The van der Waals surface area contributed by atoms with Gasteiger partial charge in [0.2, 0.25) is 0 Å². The number of hydrogen-bond donors (Lipinski definition) is 1. The number of hydrogen-bond acceptors (Lipinski definition) is 2. The summed E-state index contributed by atoms with van der Waals surface area (Å²) in [5, 5.41) is 0. The Hall–Kier alpha value is -0.930. The highest BCUT2D eigenvalue weighted by atomic mass is 19.1. The molecule has 0 radical (unpaired) electrons. The van der Waals surface area contributed by atoms with Gasteiger partial charge in [0.15, 0.2) is 0 Å². The third kappa shape index (κ3) is 4.59. The van der Waals surface area contributed by atoms with Crippen LogP contribution in [0.4, 0.5) is 4.39 Å². The van der Waals surface area contributed by atoms with Crippen molar-refractivity contribution in [2.24, 2.45) is 5.73 Å². The van der Waals surface area contributed by atoms with Crippen LogP contribution >= 0.6 is 0 Å². The second-order valence-corrected chi connectivity index (χ2v) is 5.10. The third-order valence-corrected chi connectivity index (χ3v) is 3.50. The second kappa shape index (κ2) is 8.28. The van der Waals surface area contributed by atoms with Crippen LogP contribution in [-0.4, -0.2) is 24.0 Å². The molecule has 3 heteroatoms. The molecular formula is C16H27FN2. The number of halogens is 1. The van der Waals surface area contributed by atoms with Crippen LogP contribution in [0.25, 0.3) is 0 Å². The highest BCUT2D eigenvalue weighted by molar-refractivity contribution is 5.21. The summed E-state index contributed by atoms with van der Waals surface area (Å²) in [6, 6.07) is 7.07. The summed E-state index contributed by atoms with van der Waals surface area (Å²) >= 11 is 0. The van der Waals surface area contributed by atoms with Crippen LogP contribution in [0.15, 0.2) is 24.3 Å². The fraction of sp³-hybridized carbons (Fsp3) is 0.625. The highest BCUT2D eigenvalue weighted by Gasteiger charge is 2.24. The molecule has 2 N–H and O–H groups in total. The zero-order valence-electron chi connectivity index (χ0n) is 12.4. The summed E-state index contributed by atoms with van der Waals surface area (Å²) < 4.78 is 13.1. The van der Waals surface area contributed by atoms with E-state index in [9.17, 15) is 4.39 Å². The van der Waals surface area contributed by atoms with E-state index in [2.05, 4.69) is 25.7 Å². The highest BCUT2D eigenvalue weighted by Crippen LogP contribution is 2.26. The quantitative estimate of drug-likeness (QED) is 0.777. The van der Waals surface area contributed by atoms with Gasteiger partial charge in [0.25, 0.3) is 0 Å². The van der Waals surface area contributed by atoms with Crippen LogP contribution in [0, 0.1) is 5.82 Å². The SMILES string of the molecule is CCCN(CCC)C(c1ccc(F)cc1)C(N)CC. The van der Waals surface area contributed by atoms with Crippen molar-refractivity contribution < 1.29 is 4.39 Å². The Morgan fingerprint density at radius 1 is 1.05 bits per heavy atom. The predicted molar refractivity (Wildman–Crippen MR) is 79.6 cm³/mol. The number of rotatable bonds is 8. The fourth-order valence-electron chi connectivity index (χ4n) is 2.58. The summed E-state index contributed by atoms with van der Waals surface area (Å²) in [5.41, 5.74) is 7.44. The molecule has 0 fully saturated rings. The van der Waals surface area contributed by atoms with Crippen molar-refractivity contribution in [3.8, 4) is 0 Å². The summed E-state index contributed by atoms with van der Waals surface area (Å²) in [4.78, 5) is 2.43. The summed E-state index contributed by atoms with van der Waals surface area (Å²) in [5.74, 6) is -0.190. The van der Waals surface area contributed by atoms with E-state index in [1.165, 1.54) is 12.1 Å². The van der Waals surface area contributed by atoms with Crippen molar-refractivity contribution in [1.29, 1.82) is 0 Å². The van der Waals surface area contributed by atoms with Gasteiger partial charge in [-0.1, -0.05) is 32.9 Å². The Kier molecular flexibility index (Phi) is 7.03. The van der Waals surface area contributed by atoms with E-state index in [0.717, 1.165) is 37.9 Å². The maximum absolute atomic E-state index is 13.1. The van der Waals surface area contributed by atoms with Gasteiger partial charge < -0.3 is 5.73 Å². The second-order valence-electron chi connectivity index (χ2n) is 5.10. The van der Waals surface area contributed by atoms with Crippen molar-refractivity contribution >= 4 is 0 Å². The number of nitrogens with two attached hydrogens (primary N) is 1. The third-order valence-electron chi connectivity index (χ3n) is 3.50. The molecule has 1 rings (SSSR count). The molecule has 0 amide bonds. The first-order chi connectivity index (χ1) is 9.13. The van der Waals surface area contributed by atoms with Gasteiger partial charge in [0, 0.05) is 12.1 Å². The molecule has 1 aromatic carbocycles. The zero-order chi connectivity index (χ0) is 14.3. The molecule has 0 aliphatic rings. The largest absolute Gasteiger partial charge is 0.326 e. The zero-order valence-corrected chi connectivity index (χ0v) is 12.4. The van der Waals surface area contributed by atoms with Gasteiger partial charge in [0.1, 0.15) is 5.82 Å². The average molecular weight is 266 g/mol. The Morgan fingerprint density at radius 2 is 1.58 bits per heavy atom. The fourth-order valence-corrected chi connectivity index (χ4v) is 2.58. The molecule has 2 unspecified atom stereocenters. The Morgan fingerprint density at radius 3 is 2.00 bits per heavy atom. The number of benzene rings is 1. The van der Waals surface area contributed by atoms with Crippen molar-refractivity contribution in [3.05, 3.63) is 35.6 Å². The lowest BCUT2D eigenvalue weighted by atomic mass is 9.96. The van der Waals surface area contributed by atoms with E-state index >= 15 is 0 Å². The predicted octanol–water partition coefficient (Wildman–Crippen LogP) is 3.73. The van der Waals surface area contributed by atoms with E-state index in [0.29, 0.717) is 0 Å². The minimum Gasteiger partial charge on any atom is -0.326 e. The van der Waals surface area contributed by atoms with Gasteiger partial charge in [-0.3, -0.25) is 4.90 Å².